The van der Waals surface area contributed by atoms with Crippen LogP contribution >= 0.6 is 0 Å². The van der Waals surface area contributed by atoms with Crippen LogP contribution in [-0.4, -0.2) is 80.4 Å². The zero-order valence-electron chi connectivity index (χ0n) is 23.5. The monoisotopic (exact) mass is 587 g/mol. The Kier molecular flexibility index (Phi) is 9.35. The molecule has 0 radical (unpaired) electrons. The highest BCUT2D eigenvalue weighted by atomic mass is 32.2. The first kappa shape index (κ1) is 29.5. The fourth-order valence-corrected chi connectivity index (χ4v) is 5.61. The molecule has 1 aromatic heterocycles. The van der Waals surface area contributed by atoms with Gasteiger partial charge in [0.2, 0.25) is 5.75 Å². The number of aromatic nitrogens is 2. The molecule has 2 aliphatic rings. The number of nitriles is 1. The molecule has 5 rings (SSSR count). The van der Waals surface area contributed by atoms with Crippen LogP contribution in [0.5, 0.6) is 5.75 Å². The van der Waals surface area contributed by atoms with Crippen molar-refractivity contribution >= 4 is 10.1 Å². The zero-order valence-corrected chi connectivity index (χ0v) is 24.3. The Morgan fingerprint density at radius 2 is 1.69 bits per heavy atom. The number of hydrogen-bond acceptors (Lipinski definition) is 9. The molecule has 0 amide bonds. The van der Waals surface area contributed by atoms with Gasteiger partial charge in [0.25, 0.3) is 5.56 Å². The van der Waals surface area contributed by atoms with E-state index in [1.54, 1.807) is 0 Å². The van der Waals surface area contributed by atoms with Crippen molar-refractivity contribution in [1.29, 1.82) is 5.26 Å². The number of ether oxygens (including phenoxy) is 1. The van der Waals surface area contributed by atoms with E-state index in [1.807, 2.05) is 36.4 Å². The maximum atomic E-state index is 12.4. The Bertz CT molecular complexity index is 1640. The van der Waals surface area contributed by atoms with Gasteiger partial charge in [0.15, 0.2) is 0 Å². The first-order valence-corrected chi connectivity index (χ1v) is 15.7. The van der Waals surface area contributed by atoms with Crippen molar-refractivity contribution in [2.24, 2.45) is 5.92 Å². The molecule has 2 fully saturated rings. The number of hydrogen-bond donors (Lipinski definition) is 1. The lowest BCUT2D eigenvalue weighted by atomic mass is 9.90. The highest BCUT2D eigenvalue weighted by molar-refractivity contribution is 7.86. The van der Waals surface area contributed by atoms with Crippen LogP contribution in [0.15, 0.2) is 59.7 Å². The number of rotatable bonds is 9. The number of benzene rings is 2. The van der Waals surface area contributed by atoms with Crippen LogP contribution in [0.4, 0.5) is 0 Å². The minimum atomic E-state index is -3.92. The number of likely N-dealkylation sites (tertiary alicyclic amines) is 1. The molecule has 11 heteroatoms. The normalized spacial score (nSPS) is 17.0. The molecule has 2 saturated heterocycles. The summed E-state index contributed by atoms with van der Waals surface area (Å²) in [7, 11) is -3.92. The Balaban J connectivity index is 1.30. The second-order valence-corrected chi connectivity index (χ2v) is 12.3. The Labute approximate surface area is 246 Å². The fraction of sp³-hybridized carbons (Fsp3) is 0.387. The smallest absolute Gasteiger partial charge is 0.306 e. The molecular weight excluding hydrogens is 554 g/mol. The molecule has 42 heavy (non-hydrogen) atoms. The van der Waals surface area contributed by atoms with E-state index in [4.69, 9.17) is 8.92 Å². The van der Waals surface area contributed by atoms with Crippen LogP contribution in [0.25, 0.3) is 0 Å². The van der Waals surface area contributed by atoms with Gasteiger partial charge >= 0.3 is 10.1 Å². The zero-order chi connectivity index (χ0) is 29.5. The first-order chi connectivity index (χ1) is 20.3. The minimum Gasteiger partial charge on any atom is -0.379 e. The molecule has 1 atom stereocenters. The van der Waals surface area contributed by atoms with Gasteiger partial charge in [-0.05, 0) is 35.4 Å². The second-order valence-electron chi connectivity index (χ2n) is 10.7. The predicted octanol–water partition coefficient (Wildman–Crippen LogP) is 2.12. The fourth-order valence-electron chi connectivity index (χ4n) is 5.13. The summed E-state index contributed by atoms with van der Waals surface area (Å²) in [5.41, 5.74) is 3.64. The van der Waals surface area contributed by atoms with Crippen molar-refractivity contribution in [2.45, 2.75) is 18.9 Å². The van der Waals surface area contributed by atoms with Crippen LogP contribution in [0.2, 0.25) is 0 Å². The summed E-state index contributed by atoms with van der Waals surface area (Å²) in [5.74, 6) is 6.02. The van der Waals surface area contributed by atoms with Crippen molar-refractivity contribution in [3.63, 3.8) is 0 Å². The molecule has 2 aromatic carbocycles. The average molecular weight is 588 g/mol. The van der Waals surface area contributed by atoms with Crippen LogP contribution in [0.1, 0.15) is 33.9 Å². The third-order valence-electron chi connectivity index (χ3n) is 7.37. The molecule has 0 bridgehead atoms. The second kappa shape index (κ2) is 13.3. The molecule has 0 unspecified atom stereocenters. The van der Waals surface area contributed by atoms with Crippen LogP contribution in [-0.2, 0) is 27.8 Å². The van der Waals surface area contributed by atoms with Gasteiger partial charge in [0.1, 0.15) is 0 Å². The third kappa shape index (κ3) is 8.05. The summed E-state index contributed by atoms with van der Waals surface area (Å²) in [5, 5.41) is 9.19. The predicted molar refractivity (Wildman–Crippen MR) is 157 cm³/mol. The topological polar surface area (TPSA) is 129 Å². The Morgan fingerprint density at radius 1 is 1.05 bits per heavy atom. The van der Waals surface area contributed by atoms with Gasteiger partial charge in [-0.3, -0.25) is 9.69 Å². The molecule has 3 aromatic rings. The van der Waals surface area contributed by atoms with E-state index in [1.165, 1.54) is 11.9 Å². The van der Waals surface area contributed by atoms with Gasteiger partial charge in [0, 0.05) is 62.7 Å². The molecule has 10 nitrogen and oxygen atoms in total. The number of morpholine rings is 1. The molecule has 2 aliphatic heterocycles. The SMILES string of the molecule is CS(=O)(=O)Oc1c(C[C@H](CN2CC(C#N)C2)c2ccc(C#Cc3ccc(CN4CCOCC4)cc3)cc2)nc[nH]c1=O. The van der Waals surface area contributed by atoms with E-state index < -0.39 is 15.7 Å². The molecule has 3 heterocycles. The lowest BCUT2D eigenvalue weighted by Gasteiger charge is -2.37. The third-order valence-corrected chi connectivity index (χ3v) is 7.84. The van der Waals surface area contributed by atoms with E-state index in [2.05, 4.69) is 49.8 Å². The van der Waals surface area contributed by atoms with E-state index in [9.17, 15) is 18.5 Å². The molecular formula is C31H33N5O5S. The minimum absolute atomic E-state index is 0.00134. The standard InChI is InChI=1S/C31H33N5O5S/c1-42(38,39)41-30-29(33-22-34-31(30)37)16-28(21-36-19-26(17-32)20-36)27-10-8-24(9-11-27)3-2-23-4-6-25(7-5-23)18-35-12-14-40-15-13-35/h4-11,22,26,28H,12-16,18-21H2,1H3,(H,33,34,37)/t28-/m1/s1. The van der Waals surface area contributed by atoms with Crippen molar-refractivity contribution < 1.29 is 17.3 Å². The highest BCUT2D eigenvalue weighted by Crippen LogP contribution is 2.28. The van der Waals surface area contributed by atoms with Crippen LogP contribution in [0.3, 0.4) is 0 Å². The van der Waals surface area contributed by atoms with Crippen molar-refractivity contribution in [2.75, 3.05) is 52.2 Å². The summed E-state index contributed by atoms with van der Waals surface area (Å²) >= 11 is 0. The van der Waals surface area contributed by atoms with Gasteiger partial charge in [-0.1, -0.05) is 36.1 Å². The van der Waals surface area contributed by atoms with Crippen molar-refractivity contribution in [1.82, 2.24) is 19.8 Å². The maximum Gasteiger partial charge on any atom is 0.306 e. The molecule has 0 saturated carbocycles. The highest BCUT2D eigenvalue weighted by Gasteiger charge is 2.30. The van der Waals surface area contributed by atoms with Gasteiger partial charge in [-0.15, -0.1) is 0 Å². The number of nitrogens with zero attached hydrogens (tertiary/aromatic N) is 4. The maximum absolute atomic E-state index is 12.4. The Hall–Kier alpha value is -4.00. The van der Waals surface area contributed by atoms with Crippen LogP contribution < -0.4 is 9.74 Å². The summed E-state index contributed by atoms with van der Waals surface area (Å²) in [6.07, 6.45) is 2.42. The summed E-state index contributed by atoms with van der Waals surface area (Å²) < 4.78 is 34.0. The summed E-state index contributed by atoms with van der Waals surface area (Å²) in [6.45, 7) is 6.32. The van der Waals surface area contributed by atoms with Gasteiger partial charge in [-0.25, -0.2) is 4.98 Å². The Morgan fingerprint density at radius 3 is 2.31 bits per heavy atom. The van der Waals surface area contributed by atoms with E-state index in [0.29, 0.717) is 19.6 Å². The molecule has 0 spiro atoms. The first-order valence-electron chi connectivity index (χ1n) is 13.8. The summed E-state index contributed by atoms with van der Waals surface area (Å²) in [4.78, 5) is 23.6. The molecule has 218 valence electrons. The van der Waals surface area contributed by atoms with Gasteiger partial charge in [0.05, 0.1) is 43.5 Å². The quantitative estimate of drug-likeness (QED) is 0.296. The number of nitrogens with one attached hydrogen (secondary N) is 1. The average Bonchev–Trinajstić information content (AvgIpc) is 2.96. The van der Waals surface area contributed by atoms with Crippen LogP contribution in [0, 0.1) is 29.1 Å². The lowest BCUT2D eigenvalue weighted by molar-refractivity contribution is 0.0342. The number of H-pyrrole nitrogens is 1. The summed E-state index contributed by atoms with van der Waals surface area (Å²) in [6, 6.07) is 18.5. The van der Waals surface area contributed by atoms with E-state index in [0.717, 1.165) is 55.8 Å². The van der Waals surface area contributed by atoms with E-state index >= 15 is 0 Å². The largest absolute Gasteiger partial charge is 0.379 e. The van der Waals surface area contributed by atoms with Crippen molar-refractivity contribution in [3.8, 4) is 23.7 Å². The molecule has 1 N–H and O–H groups in total. The van der Waals surface area contributed by atoms with Gasteiger partial charge in [-0.2, -0.15) is 13.7 Å². The van der Waals surface area contributed by atoms with E-state index in [-0.39, 0.29) is 29.7 Å². The van der Waals surface area contributed by atoms with Crippen molar-refractivity contribution in [3.05, 3.63) is 93.2 Å². The number of aromatic amines is 1. The van der Waals surface area contributed by atoms with Gasteiger partial charge < -0.3 is 18.8 Å². The lowest BCUT2D eigenvalue weighted by Crippen LogP contribution is -2.47. The molecule has 0 aliphatic carbocycles.